The third-order valence-electron chi connectivity index (χ3n) is 5.17. The molecule has 2 aliphatic heterocycles. The van der Waals surface area contributed by atoms with Gasteiger partial charge in [-0.1, -0.05) is 12.1 Å². The third-order valence-corrected chi connectivity index (χ3v) is 5.17. The van der Waals surface area contributed by atoms with Gasteiger partial charge >= 0.3 is 0 Å². The number of ether oxygens (including phenoxy) is 2. The zero-order valence-electron chi connectivity index (χ0n) is 16.2. The summed E-state index contributed by atoms with van der Waals surface area (Å²) in [5, 5.41) is 10.9. The Hall–Kier alpha value is -1.18. The predicted octanol–water partition coefficient (Wildman–Crippen LogP) is 0.896. The summed E-state index contributed by atoms with van der Waals surface area (Å²) in [6.07, 6.45) is 0.843. The minimum absolute atomic E-state index is 0.591. The maximum absolute atomic E-state index is 10.9. The number of β-amino-alcohol motifs (C(OH)–C–C–N with tert-alkyl or cyclic N) is 1. The molecule has 1 unspecified atom stereocenters. The molecule has 0 spiro atoms. The molecule has 0 saturated carbocycles. The molecule has 146 valence electrons. The molecule has 2 heterocycles. The smallest absolute Gasteiger partial charge is 0.119 e. The Bertz CT molecular complexity index is 546. The minimum Gasteiger partial charge on any atom is -0.492 e. The summed E-state index contributed by atoms with van der Waals surface area (Å²) in [5.41, 5.74) is 0.674. The number of nitrogens with zero attached hydrogens (tertiary/aromatic N) is 3. The molecule has 0 amide bonds. The van der Waals surface area contributed by atoms with Gasteiger partial charge in [0.2, 0.25) is 0 Å². The number of rotatable bonds is 8. The van der Waals surface area contributed by atoms with Crippen LogP contribution in [-0.2, 0) is 11.3 Å². The third kappa shape index (κ3) is 5.93. The first-order valence-corrected chi connectivity index (χ1v) is 9.64. The monoisotopic (exact) mass is 363 g/mol. The van der Waals surface area contributed by atoms with Crippen LogP contribution in [0.3, 0.4) is 0 Å². The lowest BCUT2D eigenvalue weighted by Crippen LogP contribution is -2.48. The van der Waals surface area contributed by atoms with Crippen molar-refractivity contribution < 1.29 is 14.6 Å². The van der Waals surface area contributed by atoms with Crippen LogP contribution in [0, 0.1) is 0 Å². The first kappa shape index (κ1) is 19.6. The Morgan fingerprint density at radius 3 is 2.54 bits per heavy atom. The Balaban J connectivity index is 1.44. The van der Waals surface area contributed by atoms with E-state index in [1.165, 1.54) is 5.56 Å². The quantitative estimate of drug-likeness (QED) is 0.741. The highest BCUT2D eigenvalue weighted by Crippen LogP contribution is 2.25. The van der Waals surface area contributed by atoms with Gasteiger partial charge in [0.15, 0.2) is 0 Å². The Kier molecular flexibility index (Phi) is 6.89. The maximum Gasteiger partial charge on any atom is 0.119 e. The van der Waals surface area contributed by atoms with Crippen LogP contribution in [-0.4, -0.2) is 98.6 Å². The van der Waals surface area contributed by atoms with Crippen molar-refractivity contribution in [2.45, 2.75) is 18.6 Å². The van der Waals surface area contributed by atoms with Crippen molar-refractivity contribution in [1.82, 2.24) is 14.7 Å². The van der Waals surface area contributed by atoms with E-state index < -0.39 is 5.60 Å². The molecule has 26 heavy (non-hydrogen) atoms. The van der Waals surface area contributed by atoms with Gasteiger partial charge in [-0.3, -0.25) is 9.80 Å². The molecule has 0 bridgehead atoms. The van der Waals surface area contributed by atoms with Gasteiger partial charge in [0.05, 0.1) is 18.8 Å². The van der Waals surface area contributed by atoms with Crippen molar-refractivity contribution >= 4 is 0 Å². The summed E-state index contributed by atoms with van der Waals surface area (Å²) < 4.78 is 11.1. The lowest BCUT2D eigenvalue weighted by molar-refractivity contribution is -0.0266. The van der Waals surface area contributed by atoms with Gasteiger partial charge in [0.25, 0.3) is 0 Å². The molecular formula is C20H33N3O3. The fourth-order valence-corrected chi connectivity index (χ4v) is 3.68. The lowest BCUT2D eigenvalue weighted by Gasteiger charge is -2.33. The molecule has 2 aliphatic rings. The van der Waals surface area contributed by atoms with E-state index in [4.69, 9.17) is 9.47 Å². The molecule has 1 aromatic rings. The Labute approximate surface area is 157 Å². The minimum atomic E-state index is -0.591. The van der Waals surface area contributed by atoms with E-state index in [1.54, 1.807) is 0 Å². The van der Waals surface area contributed by atoms with Crippen LogP contribution in [0.5, 0.6) is 5.75 Å². The highest BCUT2D eigenvalue weighted by molar-refractivity contribution is 5.27. The molecule has 1 atom stereocenters. The molecule has 6 heteroatoms. The van der Waals surface area contributed by atoms with E-state index in [2.05, 4.69) is 26.8 Å². The van der Waals surface area contributed by atoms with Gasteiger partial charge in [-0.05, 0) is 38.2 Å². The first-order chi connectivity index (χ1) is 12.5. The predicted molar refractivity (Wildman–Crippen MR) is 103 cm³/mol. The summed E-state index contributed by atoms with van der Waals surface area (Å²) in [4.78, 5) is 6.79. The van der Waals surface area contributed by atoms with Gasteiger partial charge in [-0.25, -0.2) is 0 Å². The average molecular weight is 364 g/mol. The summed E-state index contributed by atoms with van der Waals surface area (Å²) >= 11 is 0. The number of aliphatic hydroxyl groups is 1. The molecule has 0 aromatic heterocycles. The fourth-order valence-electron chi connectivity index (χ4n) is 3.68. The van der Waals surface area contributed by atoms with Crippen LogP contribution in [0.25, 0.3) is 0 Å². The van der Waals surface area contributed by atoms with Crippen LogP contribution in [0.15, 0.2) is 24.3 Å². The fraction of sp³-hybridized carbons (Fsp3) is 0.700. The summed E-state index contributed by atoms with van der Waals surface area (Å²) in [7, 11) is 4.09. The Morgan fingerprint density at radius 2 is 1.85 bits per heavy atom. The molecule has 6 nitrogen and oxygen atoms in total. The molecule has 3 rings (SSSR count). The SMILES string of the molecule is CN(C)CCOc1ccc(CN2CCC(O)(CN3CCOCC3)C2)cc1. The second-order valence-electron chi connectivity index (χ2n) is 7.87. The molecule has 1 N–H and O–H groups in total. The Morgan fingerprint density at radius 1 is 1.12 bits per heavy atom. The second-order valence-corrected chi connectivity index (χ2v) is 7.87. The average Bonchev–Trinajstić information content (AvgIpc) is 2.97. The van der Waals surface area contributed by atoms with Gasteiger partial charge in [-0.15, -0.1) is 0 Å². The number of benzene rings is 1. The maximum atomic E-state index is 10.9. The highest BCUT2D eigenvalue weighted by Gasteiger charge is 2.37. The first-order valence-electron chi connectivity index (χ1n) is 9.64. The van der Waals surface area contributed by atoms with Crippen LogP contribution in [0.1, 0.15) is 12.0 Å². The van der Waals surface area contributed by atoms with Crippen LogP contribution < -0.4 is 4.74 Å². The largest absolute Gasteiger partial charge is 0.492 e. The van der Waals surface area contributed by atoms with E-state index in [0.717, 1.165) is 71.2 Å². The molecule has 2 fully saturated rings. The summed E-state index contributed by atoms with van der Waals surface area (Å²) in [5.74, 6) is 0.917. The number of hydrogen-bond acceptors (Lipinski definition) is 6. The number of likely N-dealkylation sites (N-methyl/N-ethyl adjacent to an activating group) is 1. The van der Waals surface area contributed by atoms with Crippen molar-refractivity contribution in [3.8, 4) is 5.75 Å². The molecule has 1 aromatic carbocycles. The van der Waals surface area contributed by atoms with E-state index in [9.17, 15) is 5.11 Å². The normalized spacial score (nSPS) is 25.1. The zero-order chi connectivity index (χ0) is 18.4. The van der Waals surface area contributed by atoms with Crippen molar-refractivity contribution in [2.75, 3.05) is 73.2 Å². The van der Waals surface area contributed by atoms with Gasteiger partial charge in [-0.2, -0.15) is 0 Å². The van der Waals surface area contributed by atoms with E-state index >= 15 is 0 Å². The van der Waals surface area contributed by atoms with E-state index in [1.807, 2.05) is 26.2 Å². The molecule has 0 radical (unpaired) electrons. The van der Waals surface area contributed by atoms with Gasteiger partial charge in [0.1, 0.15) is 12.4 Å². The molecule has 2 saturated heterocycles. The van der Waals surface area contributed by atoms with Crippen LogP contribution in [0.2, 0.25) is 0 Å². The van der Waals surface area contributed by atoms with Crippen molar-refractivity contribution in [3.05, 3.63) is 29.8 Å². The number of likely N-dealkylation sites (tertiary alicyclic amines) is 1. The lowest BCUT2D eigenvalue weighted by atomic mass is 10.0. The van der Waals surface area contributed by atoms with E-state index in [0.29, 0.717) is 6.61 Å². The molecular weight excluding hydrogens is 330 g/mol. The van der Waals surface area contributed by atoms with Crippen LogP contribution in [0.4, 0.5) is 0 Å². The topological polar surface area (TPSA) is 48.4 Å². The van der Waals surface area contributed by atoms with Crippen molar-refractivity contribution in [1.29, 1.82) is 0 Å². The standard InChI is InChI=1S/C20H33N3O3/c1-21(2)9-14-26-19-5-3-18(4-6-19)15-23-8-7-20(24,17-23)16-22-10-12-25-13-11-22/h3-6,24H,7-17H2,1-2H3. The van der Waals surface area contributed by atoms with Gasteiger partial charge in [0, 0.05) is 45.8 Å². The van der Waals surface area contributed by atoms with Crippen LogP contribution >= 0.6 is 0 Å². The second kappa shape index (κ2) is 9.15. The summed E-state index contributed by atoms with van der Waals surface area (Å²) in [6, 6.07) is 8.34. The molecule has 0 aliphatic carbocycles. The van der Waals surface area contributed by atoms with Gasteiger partial charge < -0.3 is 19.5 Å². The highest BCUT2D eigenvalue weighted by atomic mass is 16.5. The van der Waals surface area contributed by atoms with E-state index in [-0.39, 0.29) is 0 Å². The van der Waals surface area contributed by atoms with Crippen molar-refractivity contribution in [3.63, 3.8) is 0 Å². The number of hydrogen-bond donors (Lipinski definition) is 1. The zero-order valence-corrected chi connectivity index (χ0v) is 16.2. The van der Waals surface area contributed by atoms with Crippen molar-refractivity contribution in [2.24, 2.45) is 0 Å². The number of morpholine rings is 1. The summed E-state index contributed by atoms with van der Waals surface area (Å²) in [6.45, 7) is 8.35.